The van der Waals surface area contributed by atoms with Crippen molar-refractivity contribution in [3.05, 3.63) is 53.1 Å². The lowest BCUT2D eigenvalue weighted by Gasteiger charge is -2.24. The Morgan fingerprint density at radius 1 is 1.24 bits per heavy atom. The average molecular weight is 511 g/mol. The van der Waals surface area contributed by atoms with Crippen LogP contribution >= 0.6 is 0 Å². The highest BCUT2D eigenvalue weighted by molar-refractivity contribution is 5.66. The van der Waals surface area contributed by atoms with Gasteiger partial charge in [0.1, 0.15) is 25.2 Å². The third-order valence-corrected chi connectivity index (χ3v) is 6.37. The summed E-state index contributed by atoms with van der Waals surface area (Å²) in [6, 6.07) is 12.4. The Kier molecular flexibility index (Phi) is 8.01. The molecule has 0 saturated carbocycles. The van der Waals surface area contributed by atoms with Gasteiger partial charge in [0.2, 0.25) is 5.82 Å². The number of amides is 1. The number of carbonyl (C=O) groups is 1. The summed E-state index contributed by atoms with van der Waals surface area (Å²) in [5, 5.41) is 23.2. The van der Waals surface area contributed by atoms with Crippen LogP contribution in [-0.2, 0) is 6.42 Å². The number of nitriles is 1. The van der Waals surface area contributed by atoms with E-state index in [0.717, 1.165) is 23.1 Å². The first kappa shape index (κ1) is 26.1. The molecule has 0 fully saturated rings. The van der Waals surface area contributed by atoms with Gasteiger partial charge in [-0.15, -0.1) is 0 Å². The van der Waals surface area contributed by atoms with Gasteiger partial charge in [0.05, 0.1) is 5.56 Å². The minimum absolute atomic E-state index is 0.0726. The lowest BCUT2D eigenvalue weighted by molar-refractivity contribution is 0.133. The third-order valence-electron chi connectivity index (χ3n) is 6.37. The van der Waals surface area contributed by atoms with Crippen LogP contribution in [0.1, 0.15) is 42.9 Å². The smallest absolute Gasteiger partial charge is 0.407 e. The Bertz CT molecular complexity index is 1300. The topological polar surface area (TPSA) is 112 Å². The fraction of sp³-hybridized carbons (Fsp3) is 0.407. The molecule has 1 amide bonds. The van der Waals surface area contributed by atoms with Crippen molar-refractivity contribution >= 4 is 6.09 Å². The summed E-state index contributed by atoms with van der Waals surface area (Å²) < 4.78 is 36.4. The van der Waals surface area contributed by atoms with E-state index >= 15 is 0 Å². The van der Waals surface area contributed by atoms with Crippen molar-refractivity contribution in [2.45, 2.75) is 38.7 Å². The molecule has 3 aromatic rings. The van der Waals surface area contributed by atoms with Crippen molar-refractivity contribution in [3.8, 4) is 34.7 Å². The maximum atomic E-state index is 12.8. The van der Waals surface area contributed by atoms with E-state index in [4.69, 9.17) is 9.26 Å². The van der Waals surface area contributed by atoms with Crippen LogP contribution in [0.4, 0.5) is 13.6 Å². The number of hydrogen-bond acceptors (Lipinski definition) is 6. The van der Waals surface area contributed by atoms with Gasteiger partial charge in [-0.25, -0.2) is 13.6 Å². The van der Waals surface area contributed by atoms with Gasteiger partial charge in [-0.05, 0) is 54.2 Å². The van der Waals surface area contributed by atoms with Crippen LogP contribution in [0.15, 0.2) is 40.9 Å². The second-order valence-electron chi connectivity index (χ2n) is 9.51. The Morgan fingerprint density at radius 2 is 2.00 bits per heavy atom. The Hall–Kier alpha value is -4.00. The molecule has 1 atom stereocenters. The van der Waals surface area contributed by atoms with Crippen molar-refractivity contribution in [3.63, 3.8) is 0 Å². The molecule has 2 heterocycles. The number of rotatable bonds is 8. The van der Waals surface area contributed by atoms with E-state index in [1.54, 1.807) is 6.07 Å². The number of aromatic nitrogens is 2. The molecule has 10 heteroatoms. The van der Waals surface area contributed by atoms with Crippen LogP contribution in [-0.4, -0.2) is 58.8 Å². The molecule has 0 radical (unpaired) electrons. The lowest BCUT2D eigenvalue weighted by Crippen LogP contribution is -2.33. The zero-order valence-electron chi connectivity index (χ0n) is 20.7. The molecule has 0 bridgehead atoms. The molecule has 1 N–H and O–H groups in total. The van der Waals surface area contributed by atoms with E-state index in [1.807, 2.05) is 24.3 Å². The number of halogens is 2. The Labute approximate surface area is 213 Å². The standard InChI is InChI=1S/C27H28F2N4O4/c1-16(2)9-21-15-33(27(34)35)8-7-17-10-18(3-5-23(17)21)25-31-26(37-32-25)19-4-6-24(20(11-19)14-30)36-22(12-28)13-29/h3-6,10-11,16,21-22H,7-9,12-13,15H2,1-2H3,(H,34,35). The fourth-order valence-corrected chi connectivity index (χ4v) is 4.61. The van der Waals surface area contributed by atoms with Crippen molar-refractivity contribution < 1.29 is 27.9 Å². The minimum Gasteiger partial charge on any atom is -0.484 e. The predicted octanol–water partition coefficient (Wildman–Crippen LogP) is 5.63. The Morgan fingerprint density at radius 3 is 2.68 bits per heavy atom. The van der Waals surface area contributed by atoms with Crippen LogP contribution in [0.5, 0.6) is 5.75 Å². The van der Waals surface area contributed by atoms with Crippen molar-refractivity contribution in [1.29, 1.82) is 5.26 Å². The van der Waals surface area contributed by atoms with E-state index in [0.29, 0.717) is 36.8 Å². The number of benzene rings is 2. The summed E-state index contributed by atoms with van der Waals surface area (Å²) in [6.45, 7) is 3.11. The van der Waals surface area contributed by atoms with E-state index in [9.17, 15) is 23.9 Å². The number of nitrogens with zero attached hydrogens (tertiary/aromatic N) is 4. The maximum Gasteiger partial charge on any atom is 0.407 e. The second kappa shape index (κ2) is 11.4. The molecule has 1 aliphatic heterocycles. The highest BCUT2D eigenvalue weighted by atomic mass is 19.1. The average Bonchev–Trinajstić information content (AvgIpc) is 3.31. The first-order valence-electron chi connectivity index (χ1n) is 12.1. The van der Waals surface area contributed by atoms with Gasteiger partial charge < -0.3 is 19.3 Å². The lowest BCUT2D eigenvalue weighted by atomic mass is 9.86. The van der Waals surface area contributed by atoms with Crippen LogP contribution < -0.4 is 4.74 Å². The molecule has 8 nitrogen and oxygen atoms in total. The summed E-state index contributed by atoms with van der Waals surface area (Å²) in [5.41, 5.74) is 3.48. The molecule has 1 aromatic heterocycles. The molecule has 0 saturated heterocycles. The van der Waals surface area contributed by atoms with Gasteiger partial charge in [-0.2, -0.15) is 10.2 Å². The van der Waals surface area contributed by atoms with Gasteiger partial charge in [0, 0.05) is 30.1 Å². The molecule has 1 unspecified atom stereocenters. The van der Waals surface area contributed by atoms with Crippen molar-refractivity contribution in [2.75, 3.05) is 26.4 Å². The van der Waals surface area contributed by atoms with Gasteiger partial charge >= 0.3 is 6.09 Å². The molecule has 2 aromatic carbocycles. The SMILES string of the molecule is CC(C)CC1CN(C(=O)O)CCc2cc(-c3noc(-c4ccc(OC(CF)CF)c(C#N)c4)n3)ccc21. The van der Waals surface area contributed by atoms with E-state index in [-0.39, 0.29) is 23.1 Å². The van der Waals surface area contributed by atoms with E-state index in [2.05, 4.69) is 24.0 Å². The first-order valence-corrected chi connectivity index (χ1v) is 12.1. The quantitative estimate of drug-likeness (QED) is 0.418. The fourth-order valence-electron chi connectivity index (χ4n) is 4.61. The third kappa shape index (κ3) is 5.88. The highest BCUT2D eigenvalue weighted by Gasteiger charge is 2.27. The van der Waals surface area contributed by atoms with Gasteiger partial charge in [0.25, 0.3) is 5.89 Å². The molecule has 4 rings (SSSR count). The minimum atomic E-state index is -1.27. The molecular weight excluding hydrogens is 482 g/mol. The zero-order chi connectivity index (χ0) is 26.5. The molecule has 194 valence electrons. The molecule has 0 aliphatic carbocycles. The van der Waals surface area contributed by atoms with Crippen molar-refractivity contribution in [2.24, 2.45) is 5.92 Å². The molecule has 0 spiro atoms. The second-order valence-corrected chi connectivity index (χ2v) is 9.51. The summed E-state index contributed by atoms with van der Waals surface area (Å²) in [4.78, 5) is 17.7. The van der Waals surface area contributed by atoms with Crippen LogP contribution in [0.3, 0.4) is 0 Å². The van der Waals surface area contributed by atoms with Crippen LogP contribution in [0.25, 0.3) is 22.8 Å². The first-order chi connectivity index (χ1) is 17.8. The highest BCUT2D eigenvalue weighted by Crippen LogP contribution is 2.34. The van der Waals surface area contributed by atoms with E-state index < -0.39 is 25.5 Å². The van der Waals surface area contributed by atoms with Crippen LogP contribution in [0.2, 0.25) is 0 Å². The molecule has 37 heavy (non-hydrogen) atoms. The van der Waals surface area contributed by atoms with Gasteiger partial charge in [-0.3, -0.25) is 0 Å². The number of carboxylic acid groups (broad SMARTS) is 1. The summed E-state index contributed by atoms with van der Waals surface area (Å²) >= 11 is 0. The predicted molar refractivity (Wildman–Crippen MR) is 132 cm³/mol. The molecule has 1 aliphatic rings. The van der Waals surface area contributed by atoms with Gasteiger partial charge in [-0.1, -0.05) is 31.1 Å². The Balaban J connectivity index is 1.61. The number of alkyl halides is 2. The zero-order valence-corrected chi connectivity index (χ0v) is 20.7. The maximum absolute atomic E-state index is 12.8. The number of hydrogen-bond donors (Lipinski definition) is 1. The molecular formula is C27H28F2N4O4. The summed E-state index contributed by atoms with van der Waals surface area (Å²) in [5.74, 6) is 1.12. The summed E-state index contributed by atoms with van der Waals surface area (Å²) in [6.07, 6.45) is -0.729. The monoisotopic (exact) mass is 510 g/mol. The number of fused-ring (bicyclic) bond motifs is 1. The van der Waals surface area contributed by atoms with Crippen LogP contribution in [0, 0.1) is 17.2 Å². The van der Waals surface area contributed by atoms with E-state index in [1.165, 1.54) is 17.0 Å². The summed E-state index contributed by atoms with van der Waals surface area (Å²) in [7, 11) is 0. The van der Waals surface area contributed by atoms with Gasteiger partial charge in [0.15, 0.2) is 6.10 Å². The largest absolute Gasteiger partial charge is 0.484 e. The number of ether oxygens (including phenoxy) is 1. The van der Waals surface area contributed by atoms with Crippen molar-refractivity contribution in [1.82, 2.24) is 15.0 Å². The normalized spacial score (nSPS) is 15.4.